The predicted molar refractivity (Wildman–Crippen MR) is 88.3 cm³/mol. The van der Waals surface area contributed by atoms with Crippen LogP contribution in [0.3, 0.4) is 0 Å². The zero-order chi connectivity index (χ0) is 16.2. The topological polar surface area (TPSA) is 62.3 Å². The van der Waals surface area contributed by atoms with E-state index in [2.05, 4.69) is 10.3 Å². The Labute approximate surface area is 135 Å². The van der Waals surface area contributed by atoms with Crippen LogP contribution in [0.4, 0.5) is 5.69 Å². The Morgan fingerprint density at radius 3 is 2.78 bits per heavy atom. The monoisotopic (exact) mass is 309 g/mol. The van der Waals surface area contributed by atoms with Gasteiger partial charge in [-0.15, -0.1) is 0 Å². The maximum absolute atomic E-state index is 12.7. The molecule has 0 aliphatic carbocycles. The summed E-state index contributed by atoms with van der Waals surface area (Å²) in [4.78, 5) is 29.9. The van der Waals surface area contributed by atoms with E-state index < -0.39 is 0 Å². The summed E-state index contributed by atoms with van der Waals surface area (Å²) in [7, 11) is 0. The smallest absolute Gasteiger partial charge is 0.253 e. The standard InChI is InChI=1S/C18H19N3O2/c1-2-21(10-7-13-5-8-19-9-6-13)18(23)14-3-4-16-15(11-14)12-17(22)20-16/h3-6,8-9,11H,2,7,10,12H2,1H3,(H,20,22). The number of carbonyl (C=O) groups excluding carboxylic acids is 2. The number of amides is 2. The van der Waals surface area contributed by atoms with Crippen LogP contribution in [0, 0.1) is 0 Å². The summed E-state index contributed by atoms with van der Waals surface area (Å²) in [6, 6.07) is 9.34. The van der Waals surface area contributed by atoms with Crippen molar-refractivity contribution < 1.29 is 9.59 Å². The van der Waals surface area contributed by atoms with Crippen molar-refractivity contribution in [1.29, 1.82) is 0 Å². The van der Waals surface area contributed by atoms with Crippen molar-refractivity contribution >= 4 is 17.5 Å². The molecule has 0 fully saturated rings. The summed E-state index contributed by atoms with van der Waals surface area (Å²) in [5.74, 6) is -0.0154. The van der Waals surface area contributed by atoms with Gasteiger partial charge in [-0.1, -0.05) is 0 Å². The van der Waals surface area contributed by atoms with Crippen molar-refractivity contribution in [2.24, 2.45) is 0 Å². The van der Waals surface area contributed by atoms with E-state index in [0.29, 0.717) is 25.1 Å². The van der Waals surface area contributed by atoms with Crippen LogP contribution in [-0.4, -0.2) is 34.8 Å². The summed E-state index contributed by atoms with van der Waals surface area (Å²) in [6.07, 6.45) is 4.67. The van der Waals surface area contributed by atoms with E-state index in [1.807, 2.05) is 36.1 Å². The molecule has 2 aromatic rings. The normalized spacial score (nSPS) is 12.7. The number of hydrogen-bond donors (Lipinski definition) is 1. The molecule has 5 heteroatoms. The number of rotatable bonds is 5. The Morgan fingerprint density at radius 1 is 1.26 bits per heavy atom. The van der Waals surface area contributed by atoms with E-state index in [0.717, 1.165) is 23.2 Å². The Hall–Kier alpha value is -2.69. The second-order valence-electron chi connectivity index (χ2n) is 5.59. The lowest BCUT2D eigenvalue weighted by Gasteiger charge is -2.21. The van der Waals surface area contributed by atoms with E-state index in [1.165, 1.54) is 0 Å². The van der Waals surface area contributed by atoms with E-state index in [1.54, 1.807) is 18.5 Å². The molecule has 118 valence electrons. The third kappa shape index (κ3) is 3.39. The van der Waals surface area contributed by atoms with Crippen molar-refractivity contribution in [3.05, 3.63) is 59.4 Å². The molecule has 1 aromatic heterocycles. The molecular weight excluding hydrogens is 290 g/mol. The molecule has 5 nitrogen and oxygen atoms in total. The first-order valence-electron chi connectivity index (χ1n) is 7.78. The number of fused-ring (bicyclic) bond motifs is 1. The molecule has 2 amide bonds. The summed E-state index contributed by atoms with van der Waals surface area (Å²) < 4.78 is 0. The van der Waals surface area contributed by atoms with Crippen molar-refractivity contribution in [1.82, 2.24) is 9.88 Å². The molecule has 0 atom stereocenters. The lowest BCUT2D eigenvalue weighted by Crippen LogP contribution is -2.32. The first kappa shape index (κ1) is 15.2. The molecule has 0 radical (unpaired) electrons. The number of likely N-dealkylation sites (N-methyl/N-ethyl adjacent to an activating group) is 1. The molecule has 1 N–H and O–H groups in total. The fraction of sp³-hybridized carbons (Fsp3) is 0.278. The maximum Gasteiger partial charge on any atom is 0.253 e. The first-order chi connectivity index (χ1) is 11.2. The summed E-state index contributed by atoms with van der Waals surface area (Å²) in [6.45, 7) is 3.29. The van der Waals surface area contributed by atoms with Crippen LogP contribution in [0.2, 0.25) is 0 Å². The van der Waals surface area contributed by atoms with Gasteiger partial charge in [-0.2, -0.15) is 0 Å². The highest BCUT2D eigenvalue weighted by molar-refractivity contribution is 6.01. The number of nitrogens with zero attached hydrogens (tertiary/aromatic N) is 2. The van der Waals surface area contributed by atoms with E-state index >= 15 is 0 Å². The molecule has 0 saturated carbocycles. The van der Waals surface area contributed by atoms with Gasteiger partial charge in [0.1, 0.15) is 0 Å². The Morgan fingerprint density at radius 2 is 2.04 bits per heavy atom. The molecule has 0 spiro atoms. The molecule has 2 heterocycles. The fourth-order valence-electron chi connectivity index (χ4n) is 2.76. The van der Waals surface area contributed by atoms with Gasteiger partial charge in [0.05, 0.1) is 6.42 Å². The second-order valence-corrected chi connectivity index (χ2v) is 5.59. The lowest BCUT2D eigenvalue weighted by molar-refractivity contribution is -0.115. The number of pyridine rings is 1. The average molecular weight is 309 g/mol. The zero-order valence-electron chi connectivity index (χ0n) is 13.1. The van der Waals surface area contributed by atoms with Crippen LogP contribution < -0.4 is 5.32 Å². The molecule has 0 saturated heterocycles. The zero-order valence-corrected chi connectivity index (χ0v) is 13.1. The van der Waals surface area contributed by atoms with Gasteiger partial charge in [0.2, 0.25) is 5.91 Å². The molecule has 1 aliphatic rings. The van der Waals surface area contributed by atoms with Gasteiger partial charge in [0.25, 0.3) is 5.91 Å². The number of benzene rings is 1. The highest BCUT2D eigenvalue weighted by Gasteiger charge is 2.21. The van der Waals surface area contributed by atoms with Crippen LogP contribution in [0.25, 0.3) is 0 Å². The van der Waals surface area contributed by atoms with Crippen LogP contribution >= 0.6 is 0 Å². The number of anilines is 1. The minimum absolute atomic E-state index is 0.00343. The van der Waals surface area contributed by atoms with Gasteiger partial charge in [-0.3, -0.25) is 14.6 Å². The summed E-state index contributed by atoms with van der Waals surface area (Å²) in [5.41, 5.74) is 3.50. The Kier molecular flexibility index (Phi) is 4.37. The highest BCUT2D eigenvalue weighted by Crippen LogP contribution is 2.24. The van der Waals surface area contributed by atoms with Crippen LogP contribution in [-0.2, 0) is 17.6 Å². The van der Waals surface area contributed by atoms with Gasteiger partial charge < -0.3 is 10.2 Å². The third-order valence-corrected chi connectivity index (χ3v) is 4.07. The van der Waals surface area contributed by atoms with Crippen LogP contribution in [0.1, 0.15) is 28.4 Å². The van der Waals surface area contributed by atoms with Crippen molar-refractivity contribution in [2.75, 3.05) is 18.4 Å². The Bertz CT molecular complexity index is 728. The molecular formula is C18H19N3O2. The second kappa shape index (κ2) is 6.60. The quantitative estimate of drug-likeness (QED) is 0.921. The van der Waals surface area contributed by atoms with E-state index in [4.69, 9.17) is 0 Å². The first-order valence-corrected chi connectivity index (χ1v) is 7.78. The Balaban J connectivity index is 1.70. The van der Waals surface area contributed by atoms with Crippen molar-refractivity contribution in [3.8, 4) is 0 Å². The molecule has 3 rings (SSSR count). The minimum atomic E-state index is -0.0189. The molecule has 23 heavy (non-hydrogen) atoms. The van der Waals surface area contributed by atoms with Gasteiger partial charge in [-0.05, 0) is 54.8 Å². The maximum atomic E-state index is 12.7. The van der Waals surface area contributed by atoms with Crippen molar-refractivity contribution in [3.63, 3.8) is 0 Å². The van der Waals surface area contributed by atoms with Crippen molar-refractivity contribution in [2.45, 2.75) is 19.8 Å². The lowest BCUT2D eigenvalue weighted by atomic mass is 10.1. The summed E-state index contributed by atoms with van der Waals surface area (Å²) in [5, 5.41) is 2.78. The number of carbonyl (C=O) groups is 2. The molecule has 0 bridgehead atoms. The van der Waals surface area contributed by atoms with Gasteiger partial charge in [0, 0.05) is 36.7 Å². The molecule has 0 unspecified atom stereocenters. The highest BCUT2D eigenvalue weighted by atomic mass is 16.2. The number of hydrogen-bond acceptors (Lipinski definition) is 3. The van der Waals surface area contributed by atoms with Crippen LogP contribution in [0.5, 0.6) is 0 Å². The minimum Gasteiger partial charge on any atom is -0.339 e. The fourth-order valence-corrected chi connectivity index (χ4v) is 2.76. The van der Waals surface area contributed by atoms with Gasteiger partial charge >= 0.3 is 0 Å². The number of aromatic nitrogens is 1. The summed E-state index contributed by atoms with van der Waals surface area (Å²) >= 11 is 0. The predicted octanol–water partition coefficient (Wildman–Crippen LogP) is 2.28. The average Bonchev–Trinajstić information content (AvgIpc) is 2.95. The van der Waals surface area contributed by atoms with Gasteiger partial charge in [0.15, 0.2) is 0 Å². The molecule has 1 aromatic carbocycles. The largest absolute Gasteiger partial charge is 0.339 e. The SMILES string of the molecule is CCN(CCc1ccncc1)C(=O)c1ccc2c(c1)CC(=O)N2. The van der Waals surface area contributed by atoms with Gasteiger partial charge in [-0.25, -0.2) is 0 Å². The number of nitrogens with one attached hydrogen (secondary N) is 1. The molecule has 1 aliphatic heterocycles. The van der Waals surface area contributed by atoms with Crippen LogP contribution in [0.15, 0.2) is 42.7 Å². The van der Waals surface area contributed by atoms with E-state index in [-0.39, 0.29) is 11.8 Å². The third-order valence-electron chi connectivity index (χ3n) is 4.07. The van der Waals surface area contributed by atoms with E-state index in [9.17, 15) is 9.59 Å².